The van der Waals surface area contributed by atoms with E-state index >= 15 is 0 Å². The monoisotopic (exact) mass is 227 g/mol. The average molecular weight is 227 g/mol. The molecule has 1 aliphatic heterocycles. The number of rotatable bonds is 5. The Morgan fingerprint density at radius 2 is 1.81 bits per heavy atom. The molecule has 1 rings (SSSR count). The molecule has 3 unspecified atom stereocenters. The van der Waals surface area contributed by atoms with Crippen molar-refractivity contribution >= 4 is 0 Å². The smallest absolute Gasteiger partial charge is 0.0195 e. The minimum Gasteiger partial charge on any atom is -0.317 e. The summed E-state index contributed by atoms with van der Waals surface area (Å²) >= 11 is 0. The van der Waals surface area contributed by atoms with Gasteiger partial charge in [-0.05, 0) is 39.9 Å². The van der Waals surface area contributed by atoms with Crippen LogP contribution in [0.3, 0.4) is 0 Å². The van der Waals surface area contributed by atoms with Crippen LogP contribution < -0.4 is 5.32 Å². The highest BCUT2D eigenvalue weighted by molar-refractivity contribution is 4.83. The van der Waals surface area contributed by atoms with Gasteiger partial charge in [-0.15, -0.1) is 0 Å². The molecule has 0 radical (unpaired) electrons. The van der Waals surface area contributed by atoms with Crippen molar-refractivity contribution < 1.29 is 0 Å². The molecule has 0 saturated carbocycles. The first-order chi connectivity index (χ1) is 7.54. The molecule has 16 heavy (non-hydrogen) atoms. The second-order valence-electron chi connectivity index (χ2n) is 5.49. The standard InChI is InChI=1S/C13H29N3/c1-6-14-7-11(2)8-16-9-12(3)15(5)13(4)10-16/h11-14H,6-10H2,1-5H3. The van der Waals surface area contributed by atoms with E-state index in [-0.39, 0.29) is 0 Å². The predicted molar refractivity (Wildman–Crippen MR) is 70.8 cm³/mol. The van der Waals surface area contributed by atoms with Gasteiger partial charge in [-0.3, -0.25) is 9.80 Å². The van der Waals surface area contributed by atoms with Crippen LogP contribution in [0, 0.1) is 5.92 Å². The number of likely N-dealkylation sites (N-methyl/N-ethyl adjacent to an activating group) is 1. The van der Waals surface area contributed by atoms with E-state index in [4.69, 9.17) is 0 Å². The molecule has 3 heteroatoms. The van der Waals surface area contributed by atoms with Gasteiger partial charge in [-0.1, -0.05) is 13.8 Å². The van der Waals surface area contributed by atoms with E-state index in [1.165, 1.54) is 19.6 Å². The van der Waals surface area contributed by atoms with Crippen molar-refractivity contribution in [3.63, 3.8) is 0 Å². The van der Waals surface area contributed by atoms with Crippen LogP contribution in [0.1, 0.15) is 27.7 Å². The fourth-order valence-electron chi connectivity index (χ4n) is 2.56. The molecular weight excluding hydrogens is 198 g/mol. The largest absolute Gasteiger partial charge is 0.317 e. The van der Waals surface area contributed by atoms with Crippen LogP contribution in [0.2, 0.25) is 0 Å². The van der Waals surface area contributed by atoms with Crippen LogP contribution in [0.25, 0.3) is 0 Å². The minimum absolute atomic E-state index is 0.690. The maximum Gasteiger partial charge on any atom is 0.0195 e. The average Bonchev–Trinajstić information content (AvgIpc) is 2.23. The molecule has 0 aromatic carbocycles. The van der Waals surface area contributed by atoms with Crippen molar-refractivity contribution in [2.24, 2.45) is 5.92 Å². The molecule has 3 atom stereocenters. The molecule has 0 bridgehead atoms. The van der Waals surface area contributed by atoms with Crippen molar-refractivity contribution in [3.8, 4) is 0 Å². The normalized spacial score (nSPS) is 30.6. The lowest BCUT2D eigenvalue weighted by molar-refractivity contribution is 0.0521. The van der Waals surface area contributed by atoms with Gasteiger partial charge in [-0.25, -0.2) is 0 Å². The topological polar surface area (TPSA) is 18.5 Å². The van der Waals surface area contributed by atoms with E-state index in [9.17, 15) is 0 Å². The molecule has 96 valence electrons. The van der Waals surface area contributed by atoms with E-state index in [0.29, 0.717) is 12.1 Å². The Kier molecular flexibility index (Phi) is 5.73. The highest BCUT2D eigenvalue weighted by Gasteiger charge is 2.26. The molecule has 0 spiro atoms. The summed E-state index contributed by atoms with van der Waals surface area (Å²) in [6.07, 6.45) is 0. The van der Waals surface area contributed by atoms with Gasteiger partial charge in [-0.2, -0.15) is 0 Å². The van der Waals surface area contributed by atoms with Gasteiger partial charge in [0.15, 0.2) is 0 Å². The molecule has 1 heterocycles. The summed E-state index contributed by atoms with van der Waals surface area (Å²) in [5.41, 5.74) is 0. The fourth-order valence-corrected chi connectivity index (χ4v) is 2.56. The third kappa shape index (κ3) is 4.04. The SMILES string of the molecule is CCNCC(C)CN1CC(C)N(C)C(C)C1. The Hall–Kier alpha value is -0.120. The highest BCUT2D eigenvalue weighted by atomic mass is 15.3. The van der Waals surface area contributed by atoms with Crippen molar-refractivity contribution in [1.82, 2.24) is 15.1 Å². The number of nitrogens with zero attached hydrogens (tertiary/aromatic N) is 2. The van der Waals surface area contributed by atoms with Crippen molar-refractivity contribution in [3.05, 3.63) is 0 Å². The lowest BCUT2D eigenvalue weighted by Crippen LogP contribution is -2.55. The molecule has 3 nitrogen and oxygen atoms in total. The van der Waals surface area contributed by atoms with E-state index in [0.717, 1.165) is 19.0 Å². The maximum absolute atomic E-state index is 3.43. The minimum atomic E-state index is 0.690. The van der Waals surface area contributed by atoms with E-state index < -0.39 is 0 Å². The van der Waals surface area contributed by atoms with Crippen molar-refractivity contribution in [2.45, 2.75) is 39.8 Å². The van der Waals surface area contributed by atoms with Gasteiger partial charge in [0.2, 0.25) is 0 Å². The third-order valence-electron chi connectivity index (χ3n) is 3.75. The molecular formula is C13H29N3. The third-order valence-corrected chi connectivity index (χ3v) is 3.75. The highest BCUT2D eigenvalue weighted by Crippen LogP contribution is 2.14. The van der Waals surface area contributed by atoms with Crippen LogP contribution >= 0.6 is 0 Å². The molecule has 1 N–H and O–H groups in total. The molecule has 0 aromatic rings. The number of nitrogens with one attached hydrogen (secondary N) is 1. The Balaban J connectivity index is 2.32. The molecule has 1 fully saturated rings. The van der Waals surface area contributed by atoms with Gasteiger partial charge >= 0.3 is 0 Å². The van der Waals surface area contributed by atoms with E-state index in [1.54, 1.807) is 0 Å². The number of piperazine rings is 1. The molecule has 1 aliphatic rings. The van der Waals surface area contributed by atoms with Crippen LogP contribution in [0.15, 0.2) is 0 Å². The summed E-state index contributed by atoms with van der Waals surface area (Å²) in [4.78, 5) is 5.11. The Morgan fingerprint density at radius 1 is 1.25 bits per heavy atom. The van der Waals surface area contributed by atoms with Crippen LogP contribution in [-0.2, 0) is 0 Å². The van der Waals surface area contributed by atoms with Gasteiger partial charge in [0.05, 0.1) is 0 Å². The second kappa shape index (κ2) is 6.58. The predicted octanol–water partition coefficient (Wildman–Crippen LogP) is 1.26. The lowest BCUT2D eigenvalue weighted by atomic mass is 10.1. The maximum atomic E-state index is 3.43. The molecule has 1 saturated heterocycles. The van der Waals surface area contributed by atoms with Crippen LogP contribution in [0.5, 0.6) is 0 Å². The first-order valence-corrected chi connectivity index (χ1v) is 6.69. The zero-order valence-corrected chi connectivity index (χ0v) is 11.7. The van der Waals surface area contributed by atoms with Crippen LogP contribution in [0.4, 0.5) is 0 Å². The summed E-state index contributed by atoms with van der Waals surface area (Å²) < 4.78 is 0. The van der Waals surface area contributed by atoms with Crippen molar-refractivity contribution in [2.75, 3.05) is 39.8 Å². The Bertz CT molecular complexity index is 184. The van der Waals surface area contributed by atoms with Gasteiger partial charge in [0.25, 0.3) is 0 Å². The van der Waals surface area contributed by atoms with Crippen molar-refractivity contribution in [1.29, 1.82) is 0 Å². The van der Waals surface area contributed by atoms with E-state index in [1.807, 2.05) is 0 Å². The van der Waals surface area contributed by atoms with Crippen LogP contribution in [-0.4, -0.2) is 61.7 Å². The molecule has 0 aliphatic carbocycles. The second-order valence-corrected chi connectivity index (χ2v) is 5.49. The summed E-state index contributed by atoms with van der Waals surface area (Å²) in [6.45, 7) is 15.1. The first-order valence-electron chi connectivity index (χ1n) is 6.69. The van der Waals surface area contributed by atoms with Gasteiger partial charge < -0.3 is 5.32 Å². The molecule has 0 amide bonds. The van der Waals surface area contributed by atoms with Gasteiger partial charge in [0, 0.05) is 31.7 Å². The number of hydrogen-bond acceptors (Lipinski definition) is 3. The summed E-state index contributed by atoms with van der Waals surface area (Å²) in [6, 6.07) is 1.38. The zero-order chi connectivity index (χ0) is 12.1. The quantitative estimate of drug-likeness (QED) is 0.763. The number of hydrogen-bond donors (Lipinski definition) is 1. The summed E-state index contributed by atoms with van der Waals surface area (Å²) in [5.74, 6) is 0.753. The Morgan fingerprint density at radius 3 is 2.31 bits per heavy atom. The molecule has 0 aromatic heterocycles. The lowest BCUT2D eigenvalue weighted by Gasteiger charge is -2.43. The summed E-state index contributed by atoms with van der Waals surface area (Å²) in [5, 5.41) is 3.43. The summed E-state index contributed by atoms with van der Waals surface area (Å²) in [7, 11) is 2.24. The van der Waals surface area contributed by atoms with Gasteiger partial charge in [0.1, 0.15) is 0 Å². The first kappa shape index (κ1) is 13.9. The fraction of sp³-hybridized carbons (Fsp3) is 1.00. The zero-order valence-electron chi connectivity index (χ0n) is 11.7. The van der Waals surface area contributed by atoms with E-state index in [2.05, 4.69) is 49.9 Å². The Labute approximate surface area is 101 Å².